The Morgan fingerprint density at radius 2 is 2.22 bits per heavy atom. The molecule has 5 nitrogen and oxygen atoms in total. The number of amides is 1. The van der Waals surface area contributed by atoms with Crippen LogP contribution in [0.25, 0.3) is 11.1 Å². The molecule has 2 heterocycles. The summed E-state index contributed by atoms with van der Waals surface area (Å²) in [5.41, 5.74) is 7.89. The van der Waals surface area contributed by atoms with E-state index in [1.807, 2.05) is 22.6 Å². The maximum absolute atomic E-state index is 14.3. The number of carbonyl (C=O) groups excluding carboxylic acids is 1. The number of halogens is 2. The smallest absolute Gasteiger partial charge is 0.279 e. The average molecular weight is 427 g/mol. The van der Waals surface area contributed by atoms with Crippen LogP contribution in [0.1, 0.15) is 22.8 Å². The molecule has 2 N–H and O–H groups in total. The minimum atomic E-state index is -0.575. The van der Waals surface area contributed by atoms with Gasteiger partial charge in [-0.15, -0.1) is 0 Å². The molecule has 0 saturated carbocycles. The summed E-state index contributed by atoms with van der Waals surface area (Å²) < 4.78 is 15.1. The lowest BCUT2D eigenvalue weighted by Crippen LogP contribution is -2.50. The van der Waals surface area contributed by atoms with E-state index in [-0.39, 0.29) is 5.91 Å². The Kier molecular flexibility index (Phi) is 4.60. The number of hydrogen-bond donors (Lipinski definition) is 1. The Labute approximate surface area is 146 Å². The van der Waals surface area contributed by atoms with E-state index < -0.39 is 12.0 Å². The Morgan fingerprint density at radius 1 is 1.43 bits per heavy atom. The number of hydroxylamine groups is 2. The minimum absolute atomic E-state index is 0.326. The van der Waals surface area contributed by atoms with Gasteiger partial charge in [-0.1, -0.05) is 6.07 Å². The van der Waals surface area contributed by atoms with Crippen molar-refractivity contribution in [3.63, 3.8) is 0 Å². The quantitative estimate of drug-likeness (QED) is 0.766. The van der Waals surface area contributed by atoms with Gasteiger partial charge in [0.25, 0.3) is 5.91 Å². The van der Waals surface area contributed by atoms with Gasteiger partial charge in [-0.05, 0) is 47.2 Å². The molecule has 3 rings (SSSR count). The Balaban J connectivity index is 2.15. The summed E-state index contributed by atoms with van der Waals surface area (Å²) in [6.07, 6.45) is 2.94. The zero-order chi connectivity index (χ0) is 16.6. The van der Waals surface area contributed by atoms with Crippen molar-refractivity contribution >= 4 is 28.5 Å². The standard InChI is InChI=1S/C16H15FIN3O2/c1-2-23-21-14(19)5-9-7-20-8-12(15(9)16(21)22)11-4-3-10(18)6-13(11)17/h3-4,6-8,14H,2,5,19H2,1H3. The first-order valence-electron chi connectivity index (χ1n) is 7.17. The van der Waals surface area contributed by atoms with E-state index in [2.05, 4.69) is 4.98 Å². The van der Waals surface area contributed by atoms with Gasteiger partial charge in [0.2, 0.25) is 0 Å². The zero-order valence-corrected chi connectivity index (χ0v) is 14.6. The first-order chi connectivity index (χ1) is 11.0. The third kappa shape index (κ3) is 2.96. The molecule has 1 aliphatic heterocycles. The monoisotopic (exact) mass is 427 g/mol. The van der Waals surface area contributed by atoms with Gasteiger partial charge in [0.15, 0.2) is 0 Å². The Morgan fingerprint density at radius 3 is 2.91 bits per heavy atom. The highest BCUT2D eigenvalue weighted by molar-refractivity contribution is 14.1. The SMILES string of the molecule is CCON1C(=O)c2c(cncc2-c2ccc(I)cc2F)CC1N. The summed E-state index contributed by atoms with van der Waals surface area (Å²) in [7, 11) is 0. The van der Waals surface area contributed by atoms with Crippen molar-refractivity contribution in [2.45, 2.75) is 19.5 Å². The largest absolute Gasteiger partial charge is 0.309 e. The van der Waals surface area contributed by atoms with Crippen LogP contribution in [-0.4, -0.2) is 28.7 Å². The number of nitrogens with zero attached hydrogens (tertiary/aromatic N) is 2. The second kappa shape index (κ2) is 6.50. The minimum Gasteiger partial charge on any atom is -0.309 e. The molecule has 120 valence electrons. The predicted molar refractivity (Wildman–Crippen MR) is 91.8 cm³/mol. The van der Waals surface area contributed by atoms with Gasteiger partial charge in [0, 0.05) is 33.5 Å². The van der Waals surface area contributed by atoms with Crippen molar-refractivity contribution in [2.24, 2.45) is 5.73 Å². The molecule has 0 saturated heterocycles. The van der Waals surface area contributed by atoms with Crippen LogP contribution in [-0.2, 0) is 11.3 Å². The number of carbonyl (C=O) groups is 1. The lowest BCUT2D eigenvalue weighted by Gasteiger charge is -2.33. The first kappa shape index (κ1) is 16.3. The van der Waals surface area contributed by atoms with Gasteiger partial charge in [0.05, 0.1) is 12.2 Å². The number of hydrogen-bond acceptors (Lipinski definition) is 4. The molecule has 0 aliphatic carbocycles. The molecule has 23 heavy (non-hydrogen) atoms. The molecule has 1 unspecified atom stereocenters. The maximum Gasteiger partial charge on any atom is 0.279 e. The normalized spacial score (nSPS) is 17.3. The van der Waals surface area contributed by atoms with Crippen LogP contribution in [0, 0.1) is 9.39 Å². The van der Waals surface area contributed by atoms with Crippen LogP contribution in [0.5, 0.6) is 0 Å². The van der Waals surface area contributed by atoms with Crippen molar-refractivity contribution in [1.82, 2.24) is 10.0 Å². The highest BCUT2D eigenvalue weighted by atomic mass is 127. The van der Waals surface area contributed by atoms with Crippen LogP contribution >= 0.6 is 22.6 Å². The third-order valence-corrected chi connectivity index (χ3v) is 4.33. The molecule has 1 amide bonds. The van der Waals surface area contributed by atoms with Crippen molar-refractivity contribution in [2.75, 3.05) is 6.61 Å². The van der Waals surface area contributed by atoms with E-state index in [0.29, 0.717) is 35.3 Å². The fourth-order valence-corrected chi connectivity index (χ4v) is 3.14. The summed E-state index contributed by atoms with van der Waals surface area (Å²) in [6.45, 7) is 2.11. The second-order valence-corrected chi connectivity index (χ2v) is 6.41. The molecule has 1 aliphatic rings. The lowest BCUT2D eigenvalue weighted by molar-refractivity contribution is -0.146. The topological polar surface area (TPSA) is 68.5 Å². The molecule has 0 bridgehead atoms. The van der Waals surface area contributed by atoms with Crippen LogP contribution in [0.4, 0.5) is 4.39 Å². The van der Waals surface area contributed by atoms with E-state index in [9.17, 15) is 9.18 Å². The number of nitrogens with two attached hydrogens (primary N) is 1. The molecule has 1 aromatic heterocycles. The van der Waals surface area contributed by atoms with Crippen molar-refractivity contribution in [1.29, 1.82) is 0 Å². The summed E-state index contributed by atoms with van der Waals surface area (Å²) in [4.78, 5) is 22.2. The number of aromatic nitrogens is 1. The third-order valence-electron chi connectivity index (χ3n) is 3.66. The van der Waals surface area contributed by atoms with Crippen molar-refractivity contribution < 1.29 is 14.0 Å². The summed E-state index contributed by atoms with van der Waals surface area (Å²) in [5, 5.41) is 1.16. The molecule has 2 aromatic rings. The van der Waals surface area contributed by atoms with Crippen LogP contribution in [0.15, 0.2) is 30.6 Å². The molecule has 0 fully saturated rings. The molecule has 0 spiro atoms. The first-order valence-corrected chi connectivity index (χ1v) is 8.25. The highest BCUT2D eigenvalue weighted by Gasteiger charge is 2.34. The summed E-state index contributed by atoms with van der Waals surface area (Å²) in [6, 6.07) is 4.87. The van der Waals surface area contributed by atoms with Crippen molar-refractivity contribution in [3.8, 4) is 11.1 Å². The van der Waals surface area contributed by atoms with Gasteiger partial charge in [-0.25, -0.2) is 4.39 Å². The maximum atomic E-state index is 14.3. The fourth-order valence-electron chi connectivity index (χ4n) is 2.69. The van der Waals surface area contributed by atoms with Crippen LogP contribution < -0.4 is 5.73 Å². The fraction of sp³-hybridized carbons (Fsp3) is 0.250. The lowest BCUT2D eigenvalue weighted by atomic mass is 9.92. The molecule has 7 heteroatoms. The van der Waals surface area contributed by atoms with E-state index in [1.165, 1.54) is 12.3 Å². The molecule has 1 aromatic carbocycles. The average Bonchev–Trinajstić information content (AvgIpc) is 2.51. The zero-order valence-electron chi connectivity index (χ0n) is 12.4. The summed E-state index contributed by atoms with van der Waals surface area (Å²) in [5.74, 6) is -0.756. The van der Waals surface area contributed by atoms with Gasteiger partial charge < -0.3 is 5.73 Å². The number of pyridine rings is 1. The highest BCUT2D eigenvalue weighted by Crippen LogP contribution is 2.32. The molecular weight excluding hydrogens is 412 g/mol. The molecule has 0 radical (unpaired) electrons. The van der Waals surface area contributed by atoms with Gasteiger partial charge in [0.1, 0.15) is 12.0 Å². The van der Waals surface area contributed by atoms with E-state index in [4.69, 9.17) is 10.6 Å². The Hall–Kier alpha value is -1.58. The van der Waals surface area contributed by atoms with E-state index in [1.54, 1.807) is 25.3 Å². The van der Waals surface area contributed by atoms with Gasteiger partial charge >= 0.3 is 0 Å². The number of fused-ring (bicyclic) bond motifs is 1. The number of rotatable bonds is 3. The van der Waals surface area contributed by atoms with Crippen molar-refractivity contribution in [3.05, 3.63) is 51.1 Å². The van der Waals surface area contributed by atoms with E-state index >= 15 is 0 Å². The summed E-state index contributed by atoms with van der Waals surface area (Å²) >= 11 is 2.04. The van der Waals surface area contributed by atoms with Gasteiger partial charge in [-0.2, -0.15) is 5.06 Å². The predicted octanol–water partition coefficient (Wildman–Crippen LogP) is 2.73. The van der Waals surface area contributed by atoms with Crippen LogP contribution in [0.2, 0.25) is 0 Å². The number of benzene rings is 1. The van der Waals surface area contributed by atoms with Crippen LogP contribution in [0.3, 0.4) is 0 Å². The van der Waals surface area contributed by atoms with E-state index in [0.717, 1.165) is 8.63 Å². The molecular formula is C16H15FIN3O2. The Bertz CT molecular complexity index is 769. The molecule has 1 atom stereocenters. The second-order valence-electron chi connectivity index (χ2n) is 5.17. The van der Waals surface area contributed by atoms with Gasteiger partial charge in [-0.3, -0.25) is 14.6 Å².